The highest BCUT2D eigenvalue weighted by Crippen LogP contribution is 2.31. The maximum absolute atomic E-state index is 10.2. The first kappa shape index (κ1) is 14.0. The van der Waals surface area contributed by atoms with E-state index in [-0.39, 0.29) is 6.10 Å². The molecule has 3 rings (SSSR count). The number of rotatable bonds is 2. The van der Waals surface area contributed by atoms with Gasteiger partial charge in [-0.05, 0) is 57.3 Å². The van der Waals surface area contributed by atoms with Crippen LogP contribution in [0.25, 0.3) is 0 Å². The van der Waals surface area contributed by atoms with Crippen molar-refractivity contribution >= 4 is 0 Å². The Hall–Kier alpha value is -0.930. The number of piperidine rings is 1. The standard InChI is InChI=1S/C17H26N2O/c1-13-6-7-15(18-12-13)14-8-10-19(11-9-14)16-4-2-3-5-17(16)20/h6-7,12,14,16-17,20H,2-5,8-11H2,1H3/t16-,17-/m0/s1. The average molecular weight is 274 g/mol. The summed E-state index contributed by atoms with van der Waals surface area (Å²) in [4.78, 5) is 7.11. The van der Waals surface area contributed by atoms with Gasteiger partial charge >= 0.3 is 0 Å². The molecule has 1 saturated heterocycles. The van der Waals surface area contributed by atoms with Crippen molar-refractivity contribution in [3.63, 3.8) is 0 Å². The van der Waals surface area contributed by atoms with E-state index in [9.17, 15) is 5.11 Å². The van der Waals surface area contributed by atoms with E-state index in [4.69, 9.17) is 0 Å². The highest BCUT2D eigenvalue weighted by atomic mass is 16.3. The zero-order chi connectivity index (χ0) is 13.9. The van der Waals surface area contributed by atoms with Gasteiger partial charge in [-0.2, -0.15) is 0 Å². The van der Waals surface area contributed by atoms with E-state index in [0.29, 0.717) is 12.0 Å². The van der Waals surface area contributed by atoms with Gasteiger partial charge in [-0.3, -0.25) is 9.88 Å². The smallest absolute Gasteiger partial charge is 0.0695 e. The van der Waals surface area contributed by atoms with Gasteiger partial charge in [-0.1, -0.05) is 18.9 Å². The second kappa shape index (κ2) is 6.23. The Labute approximate surface area is 122 Å². The summed E-state index contributed by atoms with van der Waals surface area (Å²) < 4.78 is 0. The summed E-state index contributed by atoms with van der Waals surface area (Å²) >= 11 is 0. The Kier molecular flexibility index (Phi) is 4.37. The first-order valence-electron chi connectivity index (χ1n) is 8.09. The molecule has 1 aliphatic heterocycles. The third kappa shape index (κ3) is 3.04. The number of aromatic nitrogens is 1. The fourth-order valence-electron chi connectivity index (χ4n) is 3.77. The topological polar surface area (TPSA) is 36.4 Å². The van der Waals surface area contributed by atoms with Crippen LogP contribution in [-0.2, 0) is 0 Å². The van der Waals surface area contributed by atoms with Gasteiger partial charge in [0.05, 0.1) is 6.10 Å². The van der Waals surface area contributed by atoms with Gasteiger partial charge in [0.25, 0.3) is 0 Å². The van der Waals surface area contributed by atoms with Gasteiger partial charge in [-0.25, -0.2) is 0 Å². The lowest BCUT2D eigenvalue weighted by Gasteiger charge is -2.41. The molecule has 3 nitrogen and oxygen atoms in total. The highest BCUT2D eigenvalue weighted by Gasteiger charge is 2.31. The number of aryl methyl sites for hydroxylation is 1. The van der Waals surface area contributed by atoms with Gasteiger partial charge in [0.2, 0.25) is 0 Å². The second-order valence-corrected chi connectivity index (χ2v) is 6.49. The second-order valence-electron chi connectivity index (χ2n) is 6.49. The van der Waals surface area contributed by atoms with Crippen molar-refractivity contribution in [2.24, 2.45) is 0 Å². The Morgan fingerprint density at radius 3 is 2.50 bits per heavy atom. The number of hydrogen-bond acceptors (Lipinski definition) is 3. The summed E-state index contributed by atoms with van der Waals surface area (Å²) in [6.07, 6.45) is 8.88. The molecule has 3 heteroatoms. The minimum absolute atomic E-state index is 0.0993. The van der Waals surface area contributed by atoms with Crippen molar-refractivity contribution in [1.82, 2.24) is 9.88 Å². The van der Waals surface area contributed by atoms with Crippen LogP contribution in [-0.4, -0.2) is 40.2 Å². The monoisotopic (exact) mass is 274 g/mol. The van der Waals surface area contributed by atoms with Gasteiger partial charge in [0.1, 0.15) is 0 Å². The lowest BCUT2D eigenvalue weighted by Crippen LogP contribution is -2.48. The molecule has 0 amide bonds. The zero-order valence-corrected chi connectivity index (χ0v) is 12.5. The fraction of sp³-hybridized carbons (Fsp3) is 0.706. The summed E-state index contributed by atoms with van der Waals surface area (Å²) in [5.41, 5.74) is 2.48. The summed E-state index contributed by atoms with van der Waals surface area (Å²) in [6.45, 7) is 4.31. The minimum atomic E-state index is -0.0993. The van der Waals surface area contributed by atoms with E-state index in [0.717, 1.165) is 19.5 Å². The lowest BCUT2D eigenvalue weighted by atomic mass is 9.87. The van der Waals surface area contributed by atoms with Gasteiger partial charge in [-0.15, -0.1) is 0 Å². The van der Waals surface area contributed by atoms with E-state index in [1.165, 1.54) is 43.4 Å². The Balaban J connectivity index is 1.57. The first-order chi connectivity index (χ1) is 9.74. The Morgan fingerprint density at radius 2 is 1.85 bits per heavy atom. The van der Waals surface area contributed by atoms with E-state index >= 15 is 0 Å². The molecule has 0 spiro atoms. The maximum atomic E-state index is 10.2. The van der Waals surface area contributed by atoms with Crippen LogP contribution in [0.15, 0.2) is 18.3 Å². The largest absolute Gasteiger partial charge is 0.391 e. The summed E-state index contributed by atoms with van der Waals surface area (Å²) in [5.74, 6) is 0.604. The third-order valence-corrected chi connectivity index (χ3v) is 5.05. The molecule has 0 unspecified atom stereocenters. The highest BCUT2D eigenvalue weighted by molar-refractivity contribution is 5.16. The third-order valence-electron chi connectivity index (χ3n) is 5.05. The van der Waals surface area contributed by atoms with Gasteiger partial charge < -0.3 is 5.11 Å². The molecular weight excluding hydrogens is 248 g/mol. The van der Waals surface area contributed by atoms with Crippen molar-refractivity contribution in [2.45, 2.75) is 63.5 Å². The summed E-state index contributed by atoms with van der Waals surface area (Å²) in [6, 6.07) is 4.76. The minimum Gasteiger partial charge on any atom is -0.391 e. The Bertz CT molecular complexity index is 423. The fourth-order valence-corrected chi connectivity index (χ4v) is 3.77. The van der Waals surface area contributed by atoms with Crippen LogP contribution in [0.1, 0.15) is 55.7 Å². The van der Waals surface area contributed by atoms with Crippen molar-refractivity contribution in [3.05, 3.63) is 29.6 Å². The molecular formula is C17H26N2O. The van der Waals surface area contributed by atoms with Crippen LogP contribution in [0.3, 0.4) is 0 Å². The summed E-state index contributed by atoms with van der Waals surface area (Å²) in [5, 5.41) is 10.2. The van der Waals surface area contributed by atoms with E-state index in [1.54, 1.807) is 0 Å². The molecule has 2 aliphatic rings. The van der Waals surface area contributed by atoms with Gasteiger partial charge in [0, 0.05) is 23.9 Å². The molecule has 1 aromatic rings. The zero-order valence-electron chi connectivity index (χ0n) is 12.5. The van der Waals surface area contributed by atoms with E-state index in [2.05, 4.69) is 28.9 Å². The molecule has 0 bridgehead atoms. The molecule has 0 aromatic carbocycles. The number of aliphatic hydroxyl groups is 1. The number of hydrogen-bond donors (Lipinski definition) is 1. The molecule has 20 heavy (non-hydrogen) atoms. The van der Waals surface area contributed by atoms with Crippen molar-refractivity contribution in [2.75, 3.05) is 13.1 Å². The van der Waals surface area contributed by atoms with Crippen molar-refractivity contribution in [3.8, 4) is 0 Å². The quantitative estimate of drug-likeness (QED) is 0.901. The molecule has 1 aromatic heterocycles. The number of aliphatic hydroxyl groups excluding tert-OH is 1. The van der Waals surface area contributed by atoms with Crippen molar-refractivity contribution in [1.29, 1.82) is 0 Å². The number of likely N-dealkylation sites (tertiary alicyclic amines) is 1. The van der Waals surface area contributed by atoms with Crippen LogP contribution in [0.2, 0.25) is 0 Å². The summed E-state index contributed by atoms with van der Waals surface area (Å²) in [7, 11) is 0. The number of pyridine rings is 1. The van der Waals surface area contributed by atoms with Crippen LogP contribution in [0.5, 0.6) is 0 Å². The molecule has 1 saturated carbocycles. The SMILES string of the molecule is Cc1ccc(C2CCN([C@H]3CCCC[C@@H]3O)CC2)nc1. The predicted molar refractivity (Wildman–Crippen MR) is 80.8 cm³/mol. The van der Waals surface area contributed by atoms with Crippen LogP contribution >= 0.6 is 0 Å². The molecule has 1 aliphatic carbocycles. The average Bonchev–Trinajstić information content (AvgIpc) is 2.49. The van der Waals surface area contributed by atoms with E-state index in [1.807, 2.05) is 6.20 Å². The first-order valence-corrected chi connectivity index (χ1v) is 8.09. The molecule has 2 fully saturated rings. The molecule has 110 valence electrons. The van der Waals surface area contributed by atoms with Crippen LogP contribution < -0.4 is 0 Å². The Morgan fingerprint density at radius 1 is 1.10 bits per heavy atom. The van der Waals surface area contributed by atoms with Crippen LogP contribution in [0.4, 0.5) is 0 Å². The number of nitrogens with zero attached hydrogens (tertiary/aromatic N) is 2. The van der Waals surface area contributed by atoms with Gasteiger partial charge in [0.15, 0.2) is 0 Å². The molecule has 2 heterocycles. The van der Waals surface area contributed by atoms with Crippen molar-refractivity contribution < 1.29 is 5.11 Å². The predicted octanol–water partition coefficient (Wildman–Crippen LogP) is 2.87. The van der Waals surface area contributed by atoms with E-state index < -0.39 is 0 Å². The maximum Gasteiger partial charge on any atom is 0.0695 e. The molecule has 1 N–H and O–H groups in total. The molecule has 2 atom stereocenters. The lowest BCUT2D eigenvalue weighted by molar-refractivity contribution is 0.00853. The molecule has 0 radical (unpaired) electrons. The normalized spacial score (nSPS) is 29.5. The van der Waals surface area contributed by atoms with Crippen LogP contribution in [0, 0.1) is 6.92 Å².